The number of benzene rings is 1. The number of nitrogens with zero attached hydrogens (tertiary/aromatic N) is 1. The van der Waals surface area contributed by atoms with Gasteiger partial charge in [-0.15, -0.1) is 11.3 Å². The first-order chi connectivity index (χ1) is 12.0. The first kappa shape index (κ1) is 17.2. The fourth-order valence-electron chi connectivity index (χ4n) is 1.87. The van der Waals surface area contributed by atoms with Gasteiger partial charge in [-0.25, -0.2) is 18.6 Å². The van der Waals surface area contributed by atoms with Crippen molar-refractivity contribution in [3.63, 3.8) is 0 Å². The first-order valence-electron chi connectivity index (χ1n) is 6.93. The first-order valence-corrected chi connectivity index (χ1v) is 8.75. The monoisotopic (exact) mass is 380 g/mol. The van der Waals surface area contributed by atoms with Crippen LogP contribution in [0.15, 0.2) is 40.4 Å². The average Bonchev–Trinajstić information content (AvgIpc) is 3.26. The number of amides is 1. The minimum absolute atomic E-state index is 0.0796. The average molecular weight is 380 g/mol. The smallest absolute Gasteiger partial charge is 0.358 e. The van der Waals surface area contributed by atoms with Crippen LogP contribution in [-0.4, -0.2) is 23.5 Å². The minimum atomic E-state index is -0.791. The molecule has 0 saturated heterocycles. The molecule has 0 radical (unpaired) electrons. The molecule has 0 atom stereocenters. The summed E-state index contributed by atoms with van der Waals surface area (Å²) in [5, 5.41) is 8.12. The normalized spacial score (nSPS) is 10.5. The highest BCUT2D eigenvalue weighted by Crippen LogP contribution is 2.25. The van der Waals surface area contributed by atoms with Crippen molar-refractivity contribution in [2.24, 2.45) is 0 Å². The Morgan fingerprint density at radius 2 is 2.04 bits per heavy atom. The Balaban J connectivity index is 1.57. The summed E-state index contributed by atoms with van der Waals surface area (Å²) in [6, 6.07) is 4.53. The lowest BCUT2D eigenvalue weighted by molar-refractivity contribution is -0.119. The van der Waals surface area contributed by atoms with Crippen LogP contribution in [0.4, 0.5) is 14.5 Å². The van der Waals surface area contributed by atoms with Crippen LogP contribution in [0.25, 0.3) is 10.6 Å². The van der Waals surface area contributed by atoms with E-state index in [0.29, 0.717) is 5.01 Å². The molecule has 2 heterocycles. The van der Waals surface area contributed by atoms with E-state index in [4.69, 9.17) is 4.74 Å². The van der Waals surface area contributed by atoms with Crippen LogP contribution in [-0.2, 0) is 9.53 Å². The van der Waals surface area contributed by atoms with E-state index in [1.807, 2.05) is 16.8 Å². The summed E-state index contributed by atoms with van der Waals surface area (Å²) >= 11 is 2.79. The van der Waals surface area contributed by atoms with E-state index in [1.54, 1.807) is 0 Å². The molecule has 2 aromatic heterocycles. The molecule has 25 heavy (non-hydrogen) atoms. The number of rotatable bonds is 5. The molecule has 1 amide bonds. The molecule has 5 nitrogen and oxygen atoms in total. The van der Waals surface area contributed by atoms with Gasteiger partial charge in [-0.3, -0.25) is 4.79 Å². The van der Waals surface area contributed by atoms with Crippen LogP contribution in [0.5, 0.6) is 0 Å². The Labute approximate surface area is 148 Å². The molecule has 0 saturated carbocycles. The fourth-order valence-corrected chi connectivity index (χ4v) is 3.37. The Morgan fingerprint density at radius 3 is 2.80 bits per heavy atom. The lowest BCUT2D eigenvalue weighted by Gasteiger charge is -2.06. The van der Waals surface area contributed by atoms with E-state index >= 15 is 0 Å². The third kappa shape index (κ3) is 4.25. The molecule has 128 valence electrons. The zero-order chi connectivity index (χ0) is 17.8. The van der Waals surface area contributed by atoms with Crippen molar-refractivity contribution in [3.05, 3.63) is 57.7 Å². The van der Waals surface area contributed by atoms with Crippen LogP contribution >= 0.6 is 22.7 Å². The molecule has 0 spiro atoms. The number of carbonyl (C=O) groups excluding carboxylic acids is 2. The molecule has 3 aromatic rings. The number of ether oxygens (including phenoxy) is 1. The Bertz CT molecular complexity index is 910. The van der Waals surface area contributed by atoms with Gasteiger partial charge in [0.25, 0.3) is 5.91 Å². The van der Waals surface area contributed by atoms with Crippen LogP contribution in [0, 0.1) is 11.6 Å². The quantitative estimate of drug-likeness (QED) is 0.681. The second kappa shape index (κ2) is 7.49. The topological polar surface area (TPSA) is 68.3 Å². The number of thiophene rings is 1. The summed E-state index contributed by atoms with van der Waals surface area (Å²) in [5.41, 5.74) is 0.652. The van der Waals surface area contributed by atoms with E-state index in [1.165, 1.54) is 28.1 Å². The maximum absolute atomic E-state index is 13.4. The highest BCUT2D eigenvalue weighted by Gasteiger charge is 2.16. The van der Waals surface area contributed by atoms with Gasteiger partial charge in [-0.1, -0.05) is 0 Å². The van der Waals surface area contributed by atoms with E-state index in [9.17, 15) is 18.4 Å². The van der Waals surface area contributed by atoms with Crippen molar-refractivity contribution in [3.8, 4) is 10.6 Å². The molecule has 1 aromatic carbocycles. The van der Waals surface area contributed by atoms with E-state index in [0.717, 1.165) is 23.8 Å². The third-order valence-electron chi connectivity index (χ3n) is 3.02. The van der Waals surface area contributed by atoms with Crippen molar-refractivity contribution in [2.45, 2.75) is 0 Å². The van der Waals surface area contributed by atoms with Crippen molar-refractivity contribution in [1.82, 2.24) is 4.98 Å². The molecular formula is C16H10F2N2O3S2. The molecule has 1 N–H and O–H groups in total. The van der Waals surface area contributed by atoms with E-state index < -0.39 is 30.1 Å². The SMILES string of the molecule is O=C(COC(=O)c1csc(-c2ccsc2)n1)Nc1cc(F)ccc1F. The third-order valence-corrected chi connectivity index (χ3v) is 4.59. The molecule has 0 fully saturated rings. The van der Waals surface area contributed by atoms with Gasteiger partial charge in [0.15, 0.2) is 12.3 Å². The van der Waals surface area contributed by atoms with Crippen LogP contribution in [0.1, 0.15) is 10.5 Å². The number of hydrogen-bond acceptors (Lipinski definition) is 6. The number of thiazole rings is 1. The number of halogens is 2. The van der Waals surface area contributed by atoms with Gasteiger partial charge < -0.3 is 10.1 Å². The molecule has 9 heteroatoms. The van der Waals surface area contributed by atoms with Crippen LogP contribution in [0.3, 0.4) is 0 Å². The number of aromatic nitrogens is 1. The zero-order valence-corrected chi connectivity index (χ0v) is 14.1. The summed E-state index contributed by atoms with van der Waals surface area (Å²) in [4.78, 5) is 27.8. The number of carbonyl (C=O) groups is 2. The lowest BCUT2D eigenvalue weighted by atomic mass is 10.3. The van der Waals surface area contributed by atoms with Crippen molar-refractivity contribution < 1.29 is 23.1 Å². The summed E-state index contributed by atoms with van der Waals surface area (Å²) < 4.78 is 31.3. The van der Waals surface area contributed by atoms with Gasteiger partial charge >= 0.3 is 5.97 Å². The largest absolute Gasteiger partial charge is 0.451 e. The van der Waals surface area contributed by atoms with Gasteiger partial charge in [0.2, 0.25) is 0 Å². The molecule has 0 aliphatic rings. The van der Waals surface area contributed by atoms with Crippen LogP contribution in [0.2, 0.25) is 0 Å². The highest BCUT2D eigenvalue weighted by atomic mass is 32.1. The standard InChI is InChI=1S/C16H10F2N2O3S2/c17-10-1-2-11(18)12(5-10)19-14(21)6-23-16(22)13-8-25-15(20-13)9-3-4-24-7-9/h1-5,7-8H,6H2,(H,19,21). The molecular weight excluding hydrogens is 370 g/mol. The summed E-state index contributed by atoms with van der Waals surface area (Å²) in [7, 11) is 0. The van der Waals surface area contributed by atoms with Crippen molar-refractivity contribution in [2.75, 3.05) is 11.9 Å². The molecule has 0 bridgehead atoms. The summed E-state index contributed by atoms with van der Waals surface area (Å²) in [6.45, 7) is -0.639. The minimum Gasteiger partial charge on any atom is -0.451 e. The number of hydrogen-bond donors (Lipinski definition) is 1. The highest BCUT2D eigenvalue weighted by molar-refractivity contribution is 7.14. The molecule has 0 aliphatic carbocycles. The predicted molar refractivity (Wildman–Crippen MR) is 90.7 cm³/mol. The maximum atomic E-state index is 13.4. The molecule has 3 rings (SSSR count). The van der Waals surface area contributed by atoms with Gasteiger partial charge in [-0.2, -0.15) is 11.3 Å². The van der Waals surface area contributed by atoms with Gasteiger partial charge in [-0.05, 0) is 23.6 Å². The van der Waals surface area contributed by atoms with E-state index in [2.05, 4.69) is 10.3 Å². The number of esters is 1. The maximum Gasteiger partial charge on any atom is 0.358 e. The van der Waals surface area contributed by atoms with E-state index in [-0.39, 0.29) is 11.4 Å². The summed E-state index contributed by atoms with van der Waals surface area (Å²) in [5.74, 6) is -3.04. The Hall–Kier alpha value is -2.65. The van der Waals surface area contributed by atoms with Gasteiger partial charge in [0, 0.05) is 22.4 Å². The molecule has 0 aliphatic heterocycles. The Kier molecular flexibility index (Phi) is 5.15. The van der Waals surface area contributed by atoms with Gasteiger partial charge in [0.05, 0.1) is 5.69 Å². The Morgan fingerprint density at radius 1 is 1.20 bits per heavy atom. The zero-order valence-electron chi connectivity index (χ0n) is 12.5. The fraction of sp³-hybridized carbons (Fsp3) is 0.0625. The van der Waals surface area contributed by atoms with Crippen molar-refractivity contribution >= 4 is 40.2 Å². The second-order valence-electron chi connectivity index (χ2n) is 4.80. The van der Waals surface area contributed by atoms with Crippen molar-refractivity contribution in [1.29, 1.82) is 0 Å². The second-order valence-corrected chi connectivity index (χ2v) is 6.44. The number of nitrogens with one attached hydrogen (secondary N) is 1. The predicted octanol–water partition coefficient (Wildman–Crippen LogP) is 3.95. The lowest BCUT2D eigenvalue weighted by Crippen LogP contribution is -2.21. The van der Waals surface area contributed by atoms with Crippen LogP contribution < -0.4 is 5.32 Å². The number of anilines is 1. The van der Waals surface area contributed by atoms with Gasteiger partial charge in [0.1, 0.15) is 16.6 Å². The molecule has 0 unspecified atom stereocenters. The summed E-state index contributed by atoms with van der Waals surface area (Å²) in [6.07, 6.45) is 0.